The van der Waals surface area contributed by atoms with Crippen LogP contribution in [0.2, 0.25) is 0 Å². The van der Waals surface area contributed by atoms with E-state index in [2.05, 4.69) is 15.0 Å². The lowest BCUT2D eigenvalue weighted by Gasteiger charge is -2.18. The Hall–Kier alpha value is -2.61. The van der Waals surface area contributed by atoms with Gasteiger partial charge in [0.25, 0.3) is 0 Å². The molecule has 0 aliphatic carbocycles. The first-order chi connectivity index (χ1) is 13.8. The molecule has 3 heterocycles. The molecule has 0 N–H and O–H groups in total. The van der Waals surface area contributed by atoms with Crippen LogP contribution in [0.1, 0.15) is 40.5 Å². The minimum absolute atomic E-state index is 0.0777. The van der Waals surface area contributed by atoms with Crippen LogP contribution in [0.3, 0.4) is 0 Å². The normalized spacial score (nSPS) is 17.9. The van der Waals surface area contributed by atoms with Gasteiger partial charge in [0.1, 0.15) is 11.4 Å². The SMILES string of the molecule is COc1c(C)cccc1CN1CC[C@H](c2cc3nc(C)cc(C(F)(F)F)n3n2)C1. The summed E-state index contributed by atoms with van der Waals surface area (Å²) in [6, 6.07) is 8.79. The van der Waals surface area contributed by atoms with Crippen LogP contribution in [0, 0.1) is 13.8 Å². The maximum absolute atomic E-state index is 13.4. The van der Waals surface area contributed by atoms with Gasteiger partial charge in [-0.2, -0.15) is 18.3 Å². The number of para-hydroxylation sites is 1. The summed E-state index contributed by atoms with van der Waals surface area (Å²) < 4.78 is 46.6. The Morgan fingerprint density at radius 2 is 2.00 bits per heavy atom. The minimum atomic E-state index is -4.47. The van der Waals surface area contributed by atoms with Crippen LogP contribution in [0.25, 0.3) is 5.65 Å². The van der Waals surface area contributed by atoms with Crippen molar-refractivity contribution < 1.29 is 17.9 Å². The molecule has 1 fully saturated rings. The molecule has 0 saturated carbocycles. The third-order valence-corrected chi connectivity index (χ3v) is 5.45. The number of hydrogen-bond donors (Lipinski definition) is 0. The number of alkyl halides is 3. The predicted octanol–water partition coefficient (Wildman–Crippen LogP) is 4.36. The third kappa shape index (κ3) is 3.81. The van der Waals surface area contributed by atoms with E-state index in [1.54, 1.807) is 20.1 Å². The fraction of sp³-hybridized carbons (Fsp3) is 0.429. The Balaban J connectivity index is 1.57. The Morgan fingerprint density at radius 1 is 1.21 bits per heavy atom. The maximum Gasteiger partial charge on any atom is 0.433 e. The number of rotatable bonds is 4. The molecule has 1 aliphatic heterocycles. The molecule has 2 aromatic heterocycles. The molecule has 0 bridgehead atoms. The number of halogens is 3. The Kier molecular flexibility index (Phi) is 4.98. The number of benzene rings is 1. The zero-order chi connectivity index (χ0) is 20.8. The van der Waals surface area contributed by atoms with E-state index in [9.17, 15) is 13.2 Å². The highest BCUT2D eigenvalue weighted by molar-refractivity contribution is 5.44. The Morgan fingerprint density at radius 3 is 2.72 bits per heavy atom. The topological polar surface area (TPSA) is 42.7 Å². The third-order valence-electron chi connectivity index (χ3n) is 5.45. The average Bonchev–Trinajstić information content (AvgIpc) is 3.27. The second kappa shape index (κ2) is 7.33. The molecule has 1 saturated heterocycles. The number of hydrogen-bond acceptors (Lipinski definition) is 4. The lowest BCUT2D eigenvalue weighted by molar-refractivity contribution is -0.142. The number of likely N-dealkylation sites (tertiary alicyclic amines) is 1. The van der Waals surface area contributed by atoms with Crippen molar-refractivity contribution in [1.82, 2.24) is 19.5 Å². The van der Waals surface area contributed by atoms with Crippen molar-refractivity contribution in [2.45, 2.75) is 38.9 Å². The molecular formula is C21H23F3N4O. The number of aromatic nitrogens is 3. The molecule has 0 spiro atoms. The molecule has 0 radical (unpaired) electrons. The fourth-order valence-electron chi connectivity index (χ4n) is 4.11. The number of fused-ring (bicyclic) bond motifs is 1. The van der Waals surface area contributed by atoms with Gasteiger partial charge in [0, 0.05) is 36.3 Å². The molecular weight excluding hydrogens is 381 g/mol. The molecule has 0 unspecified atom stereocenters. The van der Waals surface area contributed by atoms with Gasteiger partial charge in [-0.05, 0) is 38.4 Å². The van der Waals surface area contributed by atoms with Crippen LogP contribution in [0.4, 0.5) is 13.2 Å². The lowest BCUT2D eigenvalue weighted by Crippen LogP contribution is -2.20. The van der Waals surface area contributed by atoms with Crippen LogP contribution in [0.5, 0.6) is 5.75 Å². The van der Waals surface area contributed by atoms with Crippen molar-refractivity contribution >= 4 is 5.65 Å². The monoisotopic (exact) mass is 404 g/mol. The van der Waals surface area contributed by atoms with Crippen LogP contribution in [-0.4, -0.2) is 39.7 Å². The van der Waals surface area contributed by atoms with Crippen molar-refractivity contribution in [3.63, 3.8) is 0 Å². The van der Waals surface area contributed by atoms with E-state index in [0.717, 1.165) is 53.5 Å². The van der Waals surface area contributed by atoms with Gasteiger partial charge in [-0.15, -0.1) is 0 Å². The standard InChI is InChI=1S/C21H23F3N4O/c1-13-5-4-6-16(20(13)29-3)12-27-8-7-15(11-27)17-10-19-25-14(2)9-18(21(22,23)24)28(19)26-17/h4-6,9-10,15H,7-8,11-12H2,1-3H3/t15-/m0/s1. The quantitative estimate of drug-likeness (QED) is 0.648. The van der Waals surface area contributed by atoms with Crippen LogP contribution in [0.15, 0.2) is 30.3 Å². The van der Waals surface area contributed by atoms with Crippen molar-refractivity contribution in [3.05, 3.63) is 58.5 Å². The fourth-order valence-corrected chi connectivity index (χ4v) is 4.11. The summed E-state index contributed by atoms with van der Waals surface area (Å²) in [5.41, 5.74) is 2.64. The van der Waals surface area contributed by atoms with Crippen LogP contribution >= 0.6 is 0 Å². The van der Waals surface area contributed by atoms with E-state index in [0.29, 0.717) is 11.4 Å². The van der Waals surface area contributed by atoms with E-state index >= 15 is 0 Å². The van der Waals surface area contributed by atoms with E-state index < -0.39 is 11.9 Å². The van der Waals surface area contributed by atoms with Gasteiger partial charge in [0.2, 0.25) is 0 Å². The smallest absolute Gasteiger partial charge is 0.433 e. The molecule has 29 heavy (non-hydrogen) atoms. The van der Waals surface area contributed by atoms with Gasteiger partial charge in [-0.3, -0.25) is 4.90 Å². The molecule has 3 aromatic rings. The summed E-state index contributed by atoms with van der Waals surface area (Å²) in [5, 5.41) is 4.27. The van der Waals surface area contributed by atoms with Crippen LogP contribution < -0.4 is 4.74 Å². The van der Waals surface area contributed by atoms with E-state index in [4.69, 9.17) is 4.74 Å². The van der Waals surface area contributed by atoms with Crippen molar-refractivity contribution in [2.24, 2.45) is 0 Å². The van der Waals surface area contributed by atoms with Gasteiger partial charge >= 0.3 is 6.18 Å². The molecule has 0 amide bonds. The summed E-state index contributed by atoms with van der Waals surface area (Å²) in [5.74, 6) is 0.965. The highest BCUT2D eigenvalue weighted by Crippen LogP contribution is 2.33. The largest absolute Gasteiger partial charge is 0.496 e. The maximum atomic E-state index is 13.4. The molecule has 1 atom stereocenters. The van der Waals surface area contributed by atoms with Gasteiger partial charge in [-0.25, -0.2) is 9.50 Å². The zero-order valence-electron chi connectivity index (χ0n) is 16.6. The Bertz CT molecular complexity index is 1040. The first-order valence-electron chi connectivity index (χ1n) is 9.55. The van der Waals surface area contributed by atoms with Crippen LogP contribution in [-0.2, 0) is 12.7 Å². The summed E-state index contributed by atoms with van der Waals surface area (Å²) in [4.78, 5) is 6.52. The summed E-state index contributed by atoms with van der Waals surface area (Å²) in [6.07, 6.45) is -3.63. The predicted molar refractivity (Wildman–Crippen MR) is 103 cm³/mol. The van der Waals surface area contributed by atoms with E-state index in [1.807, 2.05) is 25.1 Å². The highest BCUT2D eigenvalue weighted by Gasteiger charge is 2.35. The first kappa shape index (κ1) is 19.7. The van der Waals surface area contributed by atoms with E-state index in [-0.39, 0.29) is 11.6 Å². The minimum Gasteiger partial charge on any atom is -0.496 e. The molecule has 1 aliphatic rings. The Labute approximate surface area is 167 Å². The number of methoxy groups -OCH3 is 1. The van der Waals surface area contributed by atoms with Gasteiger partial charge in [0.05, 0.1) is 12.8 Å². The van der Waals surface area contributed by atoms with Crippen molar-refractivity contribution in [1.29, 1.82) is 0 Å². The molecule has 4 rings (SSSR count). The van der Waals surface area contributed by atoms with E-state index in [1.165, 1.54) is 0 Å². The highest BCUT2D eigenvalue weighted by atomic mass is 19.4. The number of nitrogens with zero attached hydrogens (tertiary/aromatic N) is 4. The number of aryl methyl sites for hydroxylation is 2. The first-order valence-corrected chi connectivity index (χ1v) is 9.55. The second-order valence-corrected chi connectivity index (χ2v) is 7.61. The number of ether oxygens (including phenoxy) is 1. The molecule has 8 heteroatoms. The summed E-state index contributed by atoms with van der Waals surface area (Å²) >= 11 is 0. The average molecular weight is 404 g/mol. The molecule has 154 valence electrons. The van der Waals surface area contributed by atoms with Gasteiger partial charge in [0.15, 0.2) is 5.65 Å². The van der Waals surface area contributed by atoms with Crippen molar-refractivity contribution in [2.75, 3.05) is 20.2 Å². The van der Waals surface area contributed by atoms with Crippen molar-refractivity contribution in [3.8, 4) is 5.75 Å². The lowest BCUT2D eigenvalue weighted by atomic mass is 10.1. The molecule has 1 aromatic carbocycles. The second-order valence-electron chi connectivity index (χ2n) is 7.61. The molecule has 5 nitrogen and oxygen atoms in total. The van der Waals surface area contributed by atoms with Gasteiger partial charge < -0.3 is 4.74 Å². The zero-order valence-corrected chi connectivity index (χ0v) is 16.6. The summed E-state index contributed by atoms with van der Waals surface area (Å²) in [6.45, 7) is 5.91. The van der Waals surface area contributed by atoms with Gasteiger partial charge in [-0.1, -0.05) is 18.2 Å². The summed E-state index contributed by atoms with van der Waals surface area (Å²) in [7, 11) is 1.67.